The number of sulfonamides is 1. The number of hydrogen-bond acceptors (Lipinski definition) is 5. The molecule has 2 N–H and O–H groups in total. The molecule has 1 aromatic rings. The predicted octanol–water partition coefficient (Wildman–Crippen LogP) is 1.84. The molecular weight excluding hydrogens is 324 g/mol. The van der Waals surface area contributed by atoms with Crippen LogP contribution in [0.5, 0.6) is 0 Å². The van der Waals surface area contributed by atoms with Crippen molar-refractivity contribution in [3.05, 3.63) is 24.3 Å². The Balaban J connectivity index is 2.65. The van der Waals surface area contributed by atoms with Gasteiger partial charge in [0.2, 0.25) is 11.8 Å². The quantitative estimate of drug-likeness (QED) is 0.787. The normalized spacial score (nSPS) is 11.3. The lowest BCUT2D eigenvalue weighted by atomic mass is 10.3. The fraction of sp³-hybridized carbons (Fsp3) is 0.429. The van der Waals surface area contributed by atoms with Crippen LogP contribution in [0.15, 0.2) is 29.2 Å². The molecule has 0 aliphatic carbocycles. The first-order valence-corrected chi connectivity index (χ1v) is 9.35. The molecule has 0 aliphatic rings. The highest BCUT2D eigenvalue weighted by atomic mass is 32.2. The van der Waals surface area contributed by atoms with Crippen LogP contribution in [0.3, 0.4) is 0 Å². The van der Waals surface area contributed by atoms with Crippen molar-refractivity contribution in [3.8, 4) is 0 Å². The van der Waals surface area contributed by atoms with Gasteiger partial charge >= 0.3 is 0 Å². The molecule has 1 aromatic carbocycles. The number of hydrogen-bond donors (Lipinski definition) is 2. The molecule has 1 rings (SSSR count). The topological polar surface area (TPSA) is 92.3 Å². The van der Waals surface area contributed by atoms with Gasteiger partial charge in [-0.25, -0.2) is 13.1 Å². The zero-order valence-electron chi connectivity index (χ0n) is 12.8. The predicted molar refractivity (Wildman–Crippen MR) is 88.2 cm³/mol. The lowest BCUT2D eigenvalue weighted by molar-refractivity contribution is -0.117. The number of nitrogens with one attached hydrogen (secondary N) is 2. The van der Waals surface area contributed by atoms with Crippen LogP contribution in [0, 0.1) is 5.92 Å². The van der Waals surface area contributed by atoms with Gasteiger partial charge in [-0.15, -0.1) is 0 Å². The van der Waals surface area contributed by atoms with Gasteiger partial charge in [0.15, 0.2) is 0 Å². The van der Waals surface area contributed by atoms with E-state index in [0.717, 1.165) is 5.75 Å². The largest absolute Gasteiger partial charge is 0.326 e. The monoisotopic (exact) mass is 344 g/mol. The van der Waals surface area contributed by atoms with Gasteiger partial charge in [0, 0.05) is 12.6 Å². The molecule has 2 amide bonds. The van der Waals surface area contributed by atoms with E-state index in [4.69, 9.17) is 0 Å². The number of carbonyl (C=O) groups is 2. The van der Waals surface area contributed by atoms with Gasteiger partial charge in [-0.3, -0.25) is 9.59 Å². The van der Waals surface area contributed by atoms with Gasteiger partial charge in [-0.1, -0.05) is 13.8 Å². The lowest BCUT2D eigenvalue weighted by Gasteiger charge is -2.08. The van der Waals surface area contributed by atoms with E-state index in [9.17, 15) is 18.0 Å². The maximum Gasteiger partial charge on any atom is 0.264 e. The molecule has 0 heterocycles. The highest BCUT2D eigenvalue weighted by Gasteiger charge is 2.17. The highest BCUT2D eigenvalue weighted by molar-refractivity contribution is 8.00. The molecule has 0 saturated heterocycles. The summed E-state index contributed by atoms with van der Waals surface area (Å²) >= 11 is 1.39. The summed E-state index contributed by atoms with van der Waals surface area (Å²) in [6, 6.07) is 5.60. The molecule has 0 atom stereocenters. The van der Waals surface area contributed by atoms with Crippen molar-refractivity contribution in [2.75, 3.05) is 16.8 Å². The fourth-order valence-electron chi connectivity index (χ4n) is 1.55. The number of thioether (sulfide) groups is 1. The Morgan fingerprint density at radius 3 is 2.27 bits per heavy atom. The summed E-state index contributed by atoms with van der Waals surface area (Å²) in [6.07, 6.45) is 0. The van der Waals surface area contributed by atoms with Crippen molar-refractivity contribution in [1.29, 1.82) is 0 Å². The van der Waals surface area contributed by atoms with E-state index < -0.39 is 15.9 Å². The fourth-order valence-corrected chi connectivity index (χ4v) is 3.47. The first kappa shape index (κ1) is 18.5. The van der Waals surface area contributed by atoms with Crippen LogP contribution in [0.25, 0.3) is 0 Å². The van der Waals surface area contributed by atoms with Crippen molar-refractivity contribution in [3.63, 3.8) is 0 Å². The van der Waals surface area contributed by atoms with Crippen LogP contribution in [0.4, 0.5) is 5.69 Å². The summed E-state index contributed by atoms with van der Waals surface area (Å²) in [6.45, 7) is 5.41. The first-order valence-electron chi connectivity index (χ1n) is 6.72. The number of carbonyl (C=O) groups excluding carboxylic acids is 2. The molecular formula is C14H20N2O4S2. The zero-order chi connectivity index (χ0) is 16.8. The minimum atomic E-state index is -3.88. The molecule has 0 saturated carbocycles. The Labute approximate surface area is 135 Å². The smallest absolute Gasteiger partial charge is 0.264 e. The van der Waals surface area contributed by atoms with Crippen LogP contribution in [0.2, 0.25) is 0 Å². The van der Waals surface area contributed by atoms with E-state index in [1.54, 1.807) is 0 Å². The summed E-state index contributed by atoms with van der Waals surface area (Å²) in [5, 5.41) is 2.54. The average molecular weight is 344 g/mol. The molecule has 0 aromatic heterocycles. The third-order valence-corrected chi connectivity index (χ3v) is 5.18. The summed E-state index contributed by atoms with van der Waals surface area (Å²) in [7, 11) is -3.88. The van der Waals surface area contributed by atoms with E-state index in [1.165, 1.54) is 43.0 Å². The molecule has 22 heavy (non-hydrogen) atoms. The van der Waals surface area contributed by atoms with Crippen molar-refractivity contribution < 1.29 is 18.0 Å². The summed E-state index contributed by atoms with van der Waals surface area (Å²) < 4.78 is 26.1. The third-order valence-electron chi connectivity index (χ3n) is 2.42. The van der Waals surface area contributed by atoms with Crippen LogP contribution in [-0.2, 0) is 19.6 Å². The van der Waals surface area contributed by atoms with Crippen LogP contribution >= 0.6 is 11.8 Å². The molecule has 0 spiro atoms. The number of benzene rings is 1. The Morgan fingerprint density at radius 1 is 1.18 bits per heavy atom. The Hall–Kier alpha value is -1.54. The van der Waals surface area contributed by atoms with E-state index >= 15 is 0 Å². The second-order valence-corrected chi connectivity index (χ2v) is 7.86. The van der Waals surface area contributed by atoms with Gasteiger partial charge in [0.1, 0.15) is 0 Å². The number of amides is 2. The van der Waals surface area contributed by atoms with E-state index in [0.29, 0.717) is 11.6 Å². The molecule has 0 bridgehead atoms. The van der Waals surface area contributed by atoms with Crippen molar-refractivity contribution >= 4 is 39.3 Å². The molecule has 122 valence electrons. The molecule has 0 aliphatic heterocycles. The van der Waals surface area contributed by atoms with Gasteiger partial charge in [0.25, 0.3) is 10.0 Å². The van der Waals surface area contributed by atoms with Gasteiger partial charge < -0.3 is 5.32 Å². The Kier molecular flexibility index (Phi) is 6.89. The lowest BCUT2D eigenvalue weighted by Crippen LogP contribution is -2.32. The summed E-state index contributed by atoms with van der Waals surface area (Å²) in [4.78, 5) is 22.5. The SMILES string of the molecule is CC(=O)Nc1ccc(S(=O)(=O)NC(=O)CSCC(C)C)cc1. The van der Waals surface area contributed by atoms with Crippen LogP contribution in [-0.4, -0.2) is 31.7 Å². The number of rotatable bonds is 7. The molecule has 0 radical (unpaired) electrons. The van der Waals surface area contributed by atoms with Gasteiger partial charge in [-0.05, 0) is 35.9 Å². The minimum Gasteiger partial charge on any atom is -0.326 e. The van der Waals surface area contributed by atoms with Gasteiger partial charge in [-0.2, -0.15) is 11.8 Å². The second kappa shape index (κ2) is 8.19. The van der Waals surface area contributed by atoms with Crippen LogP contribution in [0.1, 0.15) is 20.8 Å². The maximum atomic E-state index is 12.0. The van der Waals surface area contributed by atoms with E-state index in [1.807, 2.05) is 18.6 Å². The Bertz CT molecular complexity index is 625. The van der Waals surface area contributed by atoms with Crippen molar-refractivity contribution in [2.24, 2.45) is 5.92 Å². The zero-order valence-corrected chi connectivity index (χ0v) is 14.4. The van der Waals surface area contributed by atoms with Crippen molar-refractivity contribution in [1.82, 2.24) is 4.72 Å². The van der Waals surface area contributed by atoms with Crippen molar-refractivity contribution in [2.45, 2.75) is 25.7 Å². The first-order chi connectivity index (χ1) is 10.2. The van der Waals surface area contributed by atoms with E-state index in [-0.39, 0.29) is 16.6 Å². The highest BCUT2D eigenvalue weighted by Crippen LogP contribution is 2.14. The Morgan fingerprint density at radius 2 is 1.77 bits per heavy atom. The average Bonchev–Trinajstić information content (AvgIpc) is 2.37. The molecule has 8 heteroatoms. The summed E-state index contributed by atoms with van der Waals surface area (Å²) in [5.41, 5.74) is 0.491. The summed E-state index contributed by atoms with van der Waals surface area (Å²) in [5.74, 6) is 0.540. The van der Waals surface area contributed by atoms with E-state index in [2.05, 4.69) is 5.32 Å². The molecule has 0 unspecified atom stereocenters. The minimum absolute atomic E-state index is 0.0242. The molecule has 0 fully saturated rings. The standard InChI is InChI=1S/C14H20N2O4S2/c1-10(2)8-21-9-14(18)16-22(19,20)13-6-4-12(5-7-13)15-11(3)17/h4-7,10H,8-9H2,1-3H3,(H,15,17)(H,16,18). The van der Waals surface area contributed by atoms with Crippen LogP contribution < -0.4 is 10.0 Å². The second-order valence-electron chi connectivity index (χ2n) is 5.14. The van der Waals surface area contributed by atoms with Gasteiger partial charge in [0.05, 0.1) is 10.6 Å². The third kappa shape index (κ3) is 6.48. The molecule has 6 nitrogen and oxygen atoms in total. The number of anilines is 1. The maximum absolute atomic E-state index is 12.0.